The summed E-state index contributed by atoms with van der Waals surface area (Å²) in [6.45, 7) is 2.53. The van der Waals surface area contributed by atoms with E-state index in [0.717, 1.165) is 37.8 Å². The molecular formula is C19H28N4O. The van der Waals surface area contributed by atoms with Gasteiger partial charge in [-0.3, -0.25) is 4.99 Å². The quantitative estimate of drug-likeness (QED) is 0.541. The molecule has 3 rings (SSSR count). The fourth-order valence-electron chi connectivity index (χ4n) is 3.41. The first-order valence-electron chi connectivity index (χ1n) is 8.75. The van der Waals surface area contributed by atoms with Crippen molar-refractivity contribution in [1.29, 1.82) is 0 Å². The molecule has 3 N–H and O–H groups in total. The lowest BCUT2D eigenvalue weighted by Crippen LogP contribution is -2.46. The van der Waals surface area contributed by atoms with Gasteiger partial charge in [0.05, 0.1) is 6.54 Å². The van der Waals surface area contributed by atoms with Gasteiger partial charge in [0.15, 0.2) is 5.96 Å². The fraction of sp³-hybridized carbons (Fsp3) is 0.526. The molecule has 0 bridgehead atoms. The van der Waals surface area contributed by atoms with Gasteiger partial charge in [-0.05, 0) is 42.2 Å². The highest BCUT2D eigenvalue weighted by atomic mass is 16.5. The second-order valence-corrected chi connectivity index (χ2v) is 6.76. The van der Waals surface area contributed by atoms with Crippen LogP contribution < -0.4 is 10.6 Å². The van der Waals surface area contributed by atoms with E-state index in [1.807, 2.05) is 7.05 Å². The van der Waals surface area contributed by atoms with E-state index in [2.05, 4.69) is 50.9 Å². The minimum absolute atomic E-state index is 0.384. The maximum absolute atomic E-state index is 5.26. The van der Waals surface area contributed by atoms with Gasteiger partial charge < -0.3 is 20.4 Å². The Labute approximate surface area is 143 Å². The number of nitrogens with zero attached hydrogens (tertiary/aromatic N) is 1. The van der Waals surface area contributed by atoms with Crippen LogP contribution >= 0.6 is 0 Å². The monoisotopic (exact) mass is 328 g/mol. The predicted octanol–water partition coefficient (Wildman–Crippen LogP) is 3.04. The van der Waals surface area contributed by atoms with E-state index >= 15 is 0 Å². The van der Waals surface area contributed by atoms with Gasteiger partial charge in [0, 0.05) is 38.5 Å². The summed E-state index contributed by atoms with van der Waals surface area (Å²) in [5.74, 6) is 0.859. The summed E-state index contributed by atoms with van der Waals surface area (Å²) < 4.78 is 5.26. The summed E-state index contributed by atoms with van der Waals surface area (Å²) in [6.07, 6.45) is 5.01. The number of aromatic nitrogens is 1. The molecule has 1 heterocycles. The Hall–Kier alpha value is -2.01. The number of nitrogens with one attached hydrogen (secondary N) is 3. The summed E-state index contributed by atoms with van der Waals surface area (Å²) in [5, 5.41) is 8.14. The Morgan fingerprint density at radius 3 is 2.79 bits per heavy atom. The van der Waals surface area contributed by atoms with E-state index in [9.17, 15) is 0 Å². The van der Waals surface area contributed by atoms with Gasteiger partial charge in [-0.15, -0.1) is 0 Å². The van der Waals surface area contributed by atoms with Crippen LogP contribution in [0.15, 0.2) is 35.3 Å². The van der Waals surface area contributed by atoms with Gasteiger partial charge in [-0.2, -0.15) is 0 Å². The van der Waals surface area contributed by atoms with Crippen LogP contribution in [0.1, 0.15) is 31.4 Å². The van der Waals surface area contributed by atoms with Crippen molar-refractivity contribution in [3.8, 4) is 0 Å². The van der Waals surface area contributed by atoms with E-state index in [1.54, 1.807) is 7.11 Å². The van der Waals surface area contributed by atoms with Crippen molar-refractivity contribution in [2.24, 2.45) is 10.4 Å². The molecule has 0 amide bonds. The number of aliphatic imine (C=N–C) groups is 1. The number of methoxy groups -OCH3 is 1. The van der Waals surface area contributed by atoms with Crippen LogP contribution in [0.2, 0.25) is 0 Å². The number of fused-ring (bicyclic) bond motifs is 1. The summed E-state index contributed by atoms with van der Waals surface area (Å²) in [4.78, 5) is 7.78. The van der Waals surface area contributed by atoms with E-state index in [0.29, 0.717) is 5.41 Å². The molecule has 130 valence electrons. The number of H-pyrrole nitrogens is 1. The molecule has 0 unspecified atom stereocenters. The number of rotatable bonds is 7. The minimum Gasteiger partial charge on any atom is -0.385 e. The first-order valence-corrected chi connectivity index (χ1v) is 8.75. The first-order chi connectivity index (χ1) is 11.7. The van der Waals surface area contributed by atoms with Crippen molar-refractivity contribution in [3.05, 3.63) is 36.0 Å². The molecule has 5 heteroatoms. The van der Waals surface area contributed by atoms with E-state index in [-0.39, 0.29) is 0 Å². The molecule has 0 radical (unpaired) electrons. The van der Waals surface area contributed by atoms with Crippen molar-refractivity contribution in [2.75, 3.05) is 27.3 Å². The SMILES string of the molecule is CN=C(NCc1cc2ccccc2[nH]1)NCC1(CCOC)CCC1. The molecule has 24 heavy (non-hydrogen) atoms. The molecule has 1 aromatic carbocycles. The Bertz CT molecular complexity index is 654. The zero-order chi connectivity index (χ0) is 16.8. The smallest absolute Gasteiger partial charge is 0.191 e. The van der Waals surface area contributed by atoms with Crippen molar-refractivity contribution < 1.29 is 4.74 Å². The van der Waals surface area contributed by atoms with Crippen LogP contribution in [0.4, 0.5) is 0 Å². The van der Waals surface area contributed by atoms with E-state index in [4.69, 9.17) is 4.74 Å². The number of aromatic amines is 1. The predicted molar refractivity (Wildman–Crippen MR) is 99.3 cm³/mol. The highest BCUT2D eigenvalue weighted by Gasteiger charge is 2.36. The van der Waals surface area contributed by atoms with Gasteiger partial charge in [-0.25, -0.2) is 0 Å². The Morgan fingerprint density at radius 2 is 2.12 bits per heavy atom. The first kappa shape index (κ1) is 16.8. The number of hydrogen-bond donors (Lipinski definition) is 3. The molecule has 2 aromatic rings. The Morgan fingerprint density at radius 1 is 1.29 bits per heavy atom. The zero-order valence-corrected chi connectivity index (χ0v) is 14.7. The summed E-state index contributed by atoms with van der Waals surface area (Å²) in [7, 11) is 3.60. The summed E-state index contributed by atoms with van der Waals surface area (Å²) in [5.41, 5.74) is 2.72. The largest absolute Gasteiger partial charge is 0.385 e. The molecule has 5 nitrogen and oxygen atoms in total. The average molecular weight is 328 g/mol. The molecule has 1 aliphatic carbocycles. The molecule has 0 atom stereocenters. The number of hydrogen-bond acceptors (Lipinski definition) is 2. The summed E-state index contributed by atoms with van der Waals surface area (Å²) >= 11 is 0. The Kier molecular flexibility index (Phi) is 5.41. The Balaban J connectivity index is 1.51. The van der Waals surface area contributed by atoms with Gasteiger partial charge in [-0.1, -0.05) is 24.6 Å². The van der Waals surface area contributed by atoms with Crippen molar-refractivity contribution in [1.82, 2.24) is 15.6 Å². The van der Waals surface area contributed by atoms with Gasteiger partial charge >= 0.3 is 0 Å². The molecule has 0 spiro atoms. The van der Waals surface area contributed by atoms with Gasteiger partial charge in [0.2, 0.25) is 0 Å². The highest BCUT2D eigenvalue weighted by Crippen LogP contribution is 2.43. The summed E-state index contributed by atoms with van der Waals surface area (Å²) in [6, 6.07) is 10.5. The second kappa shape index (κ2) is 7.71. The molecule has 1 aliphatic rings. The van der Waals surface area contributed by atoms with Gasteiger partial charge in [0.25, 0.3) is 0 Å². The fourth-order valence-corrected chi connectivity index (χ4v) is 3.41. The topological polar surface area (TPSA) is 61.4 Å². The van der Waals surface area contributed by atoms with Crippen LogP contribution in [0.3, 0.4) is 0 Å². The zero-order valence-electron chi connectivity index (χ0n) is 14.7. The lowest BCUT2D eigenvalue weighted by Gasteiger charge is -2.42. The van der Waals surface area contributed by atoms with Crippen LogP contribution in [0.5, 0.6) is 0 Å². The van der Waals surface area contributed by atoms with E-state index in [1.165, 1.54) is 30.2 Å². The molecule has 0 aliphatic heterocycles. The highest BCUT2D eigenvalue weighted by molar-refractivity contribution is 5.81. The standard InChI is InChI=1S/C19H28N4O/c1-20-18(22-14-19(8-5-9-19)10-11-24-2)21-13-16-12-15-6-3-4-7-17(15)23-16/h3-4,6-7,12,23H,5,8-11,13-14H2,1-2H3,(H2,20,21,22). The van der Waals surface area contributed by atoms with Crippen LogP contribution in [0.25, 0.3) is 10.9 Å². The molecule has 0 saturated heterocycles. The maximum Gasteiger partial charge on any atom is 0.191 e. The lowest BCUT2D eigenvalue weighted by atomic mass is 9.67. The van der Waals surface area contributed by atoms with Crippen molar-refractivity contribution >= 4 is 16.9 Å². The van der Waals surface area contributed by atoms with Crippen LogP contribution in [-0.2, 0) is 11.3 Å². The number of para-hydroxylation sites is 1. The molecule has 1 fully saturated rings. The normalized spacial score (nSPS) is 16.8. The average Bonchev–Trinajstić information content (AvgIpc) is 2.99. The van der Waals surface area contributed by atoms with Crippen molar-refractivity contribution in [2.45, 2.75) is 32.2 Å². The number of ether oxygens (including phenoxy) is 1. The number of benzene rings is 1. The van der Waals surface area contributed by atoms with Crippen LogP contribution in [0, 0.1) is 5.41 Å². The maximum atomic E-state index is 5.26. The number of guanidine groups is 1. The van der Waals surface area contributed by atoms with E-state index < -0.39 is 0 Å². The third kappa shape index (κ3) is 3.90. The van der Waals surface area contributed by atoms with Crippen LogP contribution in [-0.4, -0.2) is 38.3 Å². The third-order valence-electron chi connectivity index (χ3n) is 5.14. The molecule has 1 aromatic heterocycles. The lowest BCUT2D eigenvalue weighted by molar-refractivity contribution is 0.0732. The molecule has 1 saturated carbocycles. The van der Waals surface area contributed by atoms with Gasteiger partial charge in [0.1, 0.15) is 0 Å². The molecular weight excluding hydrogens is 300 g/mol. The minimum atomic E-state index is 0.384. The van der Waals surface area contributed by atoms with Crippen molar-refractivity contribution in [3.63, 3.8) is 0 Å². The third-order valence-corrected chi connectivity index (χ3v) is 5.14. The second-order valence-electron chi connectivity index (χ2n) is 6.76.